The van der Waals surface area contributed by atoms with Gasteiger partial charge >= 0.3 is 7.12 Å². The Bertz CT molecular complexity index is 494. The Balaban J connectivity index is 1.61. The molecule has 0 bridgehead atoms. The second kappa shape index (κ2) is 4.78. The van der Waals surface area contributed by atoms with E-state index in [4.69, 9.17) is 14.0 Å². The first kappa shape index (κ1) is 14.0. The molecule has 108 valence electrons. The fourth-order valence-corrected chi connectivity index (χ4v) is 2.76. The molecule has 1 aromatic rings. The van der Waals surface area contributed by atoms with Crippen molar-refractivity contribution in [2.24, 2.45) is 0 Å². The van der Waals surface area contributed by atoms with Crippen molar-refractivity contribution in [3.05, 3.63) is 29.3 Å². The summed E-state index contributed by atoms with van der Waals surface area (Å²) < 4.78 is 17.6. The van der Waals surface area contributed by atoms with Crippen molar-refractivity contribution in [2.45, 2.75) is 58.1 Å². The first-order chi connectivity index (χ1) is 9.37. The Morgan fingerprint density at radius 2 is 1.80 bits per heavy atom. The maximum atomic E-state index is 6.03. The third-order valence-electron chi connectivity index (χ3n) is 4.72. The summed E-state index contributed by atoms with van der Waals surface area (Å²) in [6, 6.07) is 6.49. The smallest absolute Gasteiger partial charge is 0.458 e. The summed E-state index contributed by atoms with van der Waals surface area (Å²) in [7, 11) is -0.107. The normalized spacial score (nSPS) is 22.7. The van der Waals surface area contributed by atoms with Crippen molar-refractivity contribution in [1.82, 2.24) is 0 Å². The molecule has 1 fully saturated rings. The zero-order valence-corrected chi connectivity index (χ0v) is 12.9. The highest BCUT2D eigenvalue weighted by Gasteiger charge is 2.50. The van der Waals surface area contributed by atoms with Crippen LogP contribution in [-0.2, 0) is 22.2 Å². The van der Waals surface area contributed by atoms with Crippen LogP contribution in [0.2, 0.25) is 6.32 Å². The second-order valence-electron chi connectivity index (χ2n) is 6.77. The maximum absolute atomic E-state index is 6.03. The topological polar surface area (TPSA) is 27.7 Å². The van der Waals surface area contributed by atoms with E-state index < -0.39 is 0 Å². The van der Waals surface area contributed by atoms with Gasteiger partial charge in [0, 0.05) is 6.42 Å². The molecule has 20 heavy (non-hydrogen) atoms. The monoisotopic (exact) mass is 274 g/mol. The van der Waals surface area contributed by atoms with Gasteiger partial charge in [-0.15, -0.1) is 0 Å². The molecule has 2 aliphatic rings. The highest BCUT2D eigenvalue weighted by Crippen LogP contribution is 2.38. The van der Waals surface area contributed by atoms with Gasteiger partial charge in [-0.1, -0.05) is 12.1 Å². The Kier molecular flexibility index (Phi) is 3.34. The van der Waals surface area contributed by atoms with Gasteiger partial charge in [0.15, 0.2) is 0 Å². The third kappa shape index (κ3) is 2.47. The molecule has 0 aliphatic carbocycles. The van der Waals surface area contributed by atoms with Crippen LogP contribution in [-0.4, -0.2) is 24.9 Å². The average Bonchev–Trinajstić information content (AvgIpc) is 2.89. The molecule has 0 saturated carbocycles. The molecule has 0 amide bonds. The molecule has 4 heteroatoms. The van der Waals surface area contributed by atoms with E-state index in [1.54, 1.807) is 0 Å². The maximum Gasteiger partial charge on any atom is 0.458 e. The van der Waals surface area contributed by atoms with Crippen LogP contribution in [0.5, 0.6) is 5.75 Å². The lowest BCUT2D eigenvalue weighted by Crippen LogP contribution is -2.41. The van der Waals surface area contributed by atoms with Crippen LogP contribution in [0.25, 0.3) is 0 Å². The highest BCUT2D eigenvalue weighted by atomic mass is 16.7. The minimum atomic E-state index is -0.233. The van der Waals surface area contributed by atoms with E-state index in [1.165, 1.54) is 11.1 Å². The van der Waals surface area contributed by atoms with E-state index in [2.05, 4.69) is 45.9 Å². The first-order valence-electron chi connectivity index (χ1n) is 7.48. The minimum Gasteiger partial charge on any atom is -0.493 e. The van der Waals surface area contributed by atoms with Crippen LogP contribution in [0, 0.1) is 0 Å². The lowest BCUT2D eigenvalue weighted by molar-refractivity contribution is 0.00578. The summed E-state index contributed by atoms with van der Waals surface area (Å²) in [5.74, 6) is 1.05. The van der Waals surface area contributed by atoms with Crippen molar-refractivity contribution in [1.29, 1.82) is 0 Å². The largest absolute Gasteiger partial charge is 0.493 e. The van der Waals surface area contributed by atoms with Crippen LogP contribution in [0.3, 0.4) is 0 Å². The van der Waals surface area contributed by atoms with E-state index in [9.17, 15) is 0 Å². The van der Waals surface area contributed by atoms with Gasteiger partial charge in [0.05, 0.1) is 17.8 Å². The molecular weight excluding hydrogens is 251 g/mol. The highest BCUT2D eigenvalue weighted by molar-refractivity contribution is 6.45. The molecule has 0 aromatic heterocycles. The molecule has 3 rings (SSSR count). The molecular formula is C16H23BO3. The molecule has 0 atom stereocenters. The third-order valence-corrected chi connectivity index (χ3v) is 4.72. The second-order valence-corrected chi connectivity index (χ2v) is 6.77. The Hall–Kier alpha value is -0.995. The molecule has 0 spiro atoms. The van der Waals surface area contributed by atoms with E-state index in [1.807, 2.05) is 0 Å². The number of fused-ring (bicyclic) bond motifs is 1. The van der Waals surface area contributed by atoms with Gasteiger partial charge in [0.2, 0.25) is 0 Å². The van der Waals surface area contributed by atoms with E-state index in [0.29, 0.717) is 0 Å². The van der Waals surface area contributed by atoms with Crippen LogP contribution in [0.1, 0.15) is 38.8 Å². The van der Waals surface area contributed by atoms with E-state index in [0.717, 1.165) is 31.5 Å². The fraction of sp³-hybridized carbons (Fsp3) is 0.625. The summed E-state index contributed by atoms with van der Waals surface area (Å²) >= 11 is 0. The number of hydrogen-bond acceptors (Lipinski definition) is 3. The predicted octanol–water partition coefficient (Wildman–Crippen LogP) is 3.26. The molecule has 1 aromatic carbocycles. The fourth-order valence-electron chi connectivity index (χ4n) is 2.76. The number of hydrogen-bond donors (Lipinski definition) is 0. The van der Waals surface area contributed by atoms with Crippen LogP contribution < -0.4 is 4.74 Å². The minimum absolute atomic E-state index is 0.107. The average molecular weight is 274 g/mol. The van der Waals surface area contributed by atoms with Crippen LogP contribution >= 0.6 is 0 Å². The standard InChI is InChI=1S/C16H23BO3/c1-15(2)16(3,4)20-17(19-15)9-7-12-5-6-14-13(11-12)8-10-18-14/h5-6,11H,7-10H2,1-4H3. The van der Waals surface area contributed by atoms with Gasteiger partial charge in [-0.3, -0.25) is 0 Å². The number of benzene rings is 1. The summed E-state index contributed by atoms with van der Waals surface area (Å²) in [6.07, 6.45) is 2.90. The molecule has 3 nitrogen and oxygen atoms in total. The summed E-state index contributed by atoms with van der Waals surface area (Å²) in [5, 5.41) is 0. The SMILES string of the molecule is CC1(C)OB(CCc2ccc3c(c2)CCO3)OC1(C)C. The molecule has 0 unspecified atom stereocenters. The molecule has 2 heterocycles. The van der Waals surface area contributed by atoms with Gasteiger partial charge in [-0.05, 0) is 57.6 Å². The van der Waals surface area contributed by atoms with Gasteiger partial charge in [-0.25, -0.2) is 0 Å². The van der Waals surface area contributed by atoms with Crippen molar-refractivity contribution in [3.8, 4) is 5.75 Å². The first-order valence-corrected chi connectivity index (χ1v) is 7.48. The molecule has 0 N–H and O–H groups in total. The Labute approximate surface area is 121 Å². The summed E-state index contributed by atoms with van der Waals surface area (Å²) in [5.41, 5.74) is 2.20. The summed E-state index contributed by atoms with van der Waals surface area (Å²) in [6.45, 7) is 9.20. The number of ether oxygens (including phenoxy) is 1. The van der Waals surface area contributed by atoms with E-state index >= 15 is 0 Å². The molecule has 2 aliphatic heterocycles. The Morgan fingerprint density at radius 1 is 1.10 bits per heavy atom. The predicted molar refractivity (Wildman–Crippen MR) is 80.2 cm³/mol. The van der Waals surface area contributed by atoms with Crippen molar-refractivity contribution >= 4 is 7.12 Å². The number of rotatable bonds is 3. The van der Waals surface area contributed by atoms with Gasteiger partial charge in [0.1, 0.15) is 5.75 Å². The van der Waals surface area contributed by atoms with E-state index in [-0.39, 0.29) is 18.3 Å². The van der Waals surface area contributed by atoms with Crippen LogP contribution in [0.15, 0.2) is 18.2 Å². The van der Waals surface area contributed by atoms with Crippen molar-refractivity contribution < 1.29 is 14.0 Å². The number of aryl methyl sites for hydroxylation is 1. The molecule has 1 saturated heterocycles. The Morgan fingerprint density at radius 3 is 2.50 bits per heavy atom. The van der Waals surface area contributed by atoms with Crippen LogP contribution in [0.4, 0.5) is 0 Å². The summed E-state index contributed by atoms with van der Waals surface area (Å²) in [4.78, 5) is 0. The quantitative estimate of drug-likeness (QED) is 0.792. The zero-order chi connectivity index (χ0) is 14.4. The lowest BCUT2D eigenvalue weighted by atomic mass is 9.81. The van der Waals surface area contributed by atoms with Gasteiger partial charge in [0.25, 0.3) is 0 Å². The lowest BCUT2D eigenvalue weighted by Gasteiger charge is -2.32. The zero-order valence-electron chi connectivity index (χ0n) is 12.9. The van der Waals surface area contributed by atoms with Gasteiger partial charge in [-0.2, -0.15) is 0 Å². The van der Waals surface area contributed by atoms with Gasteiger partial charge < -0.3 is 14.0 Å². The van der Waals surface area contributed by atoms with Crippen molar-refractivity contribution in [3.63, 3.8) is 0 Å². The molecule has 0 radical (unpaired) electrons. The van der Waals surface area contributed by atoms with Crippen molar-refractivity contribution in [2.75, 3.05) is 6.61 Å².